The third-order valence-electron chi connectivity index (χ3n) is 7.55. The maximum atomic E-state index is 14.2. The number of hydrogen-bond acceptors (Lipinski definition) is 8. The first-order valence-electron chi connectivity index (χ1n) is 13.2. The fraction of sp³-hybridized carbons (Fsp3) is 0.571. The Labute approximate surface area is 246 Å². The summed E-state index contributed by atoms with van der Waals surface area (Å²) in [5, 5.41) is 0. The Bertz CT molecular complexity index is 1200. The number of pyridine rings is 1. The number of halogens is 2. The van der Waals surface area contributed by atoms with Gasteiger partial charge in [0.15, 0.2) is 0 Å². The second-order valence-electron chi connectivity index (χ2n) is 13.0. The van der Waals surface area contributed by atoms with E-state index < -0.39 is 31.4 Å². The predicted molar refractivity (Wildman–Crippen MR) is 159 cm³/mol. The quantitative estimate of drug-likeness (QED) is 0.309. The van der Waals surface area contributed by atoms with Crippen LogP contribution >= 0.6 is 15.9 Å². The van der Waals surface area contributed by atoms with Gasteiger partial charge in [0.1, 0.15) is 17.2 Å². The Morgan fingerprint density at radius 1 is 0.900 bits per heavy atom. The lowest BCUT2D eigenvalue weighted by atomic mass is 9.49. The highest BCUT2D eigenvalue weighted by molar-refractivity contribution is 9.10. The summed E-state index contributed by atoms with van der Waals surface area (Å²) in [6.07, 6.45) is 1.56. The number of anilines is 1. The maximum absolute atomic E-state index is 14.2. The van der Waals surface area contributed by atoms with Crippen molar-refractivity contribution in [1.82, 2.24) is 4.98 Å². The monoisotopic (exact) mass is 620 g/mol. The van der Waals surface area contributed by atoms with Crippen molar-refractivity contribution in [1.29, 1.82) is 0 Å². The highest BCUT2D eigenvalue weighted by atomic mass is 79.9. The second kappa shape index (κ2) is 11.0. The van der Waals surface area contributed by atoms with E-state index >= 15 is 0 Å². The van der Waals surface area contributed by atoms with Crippen molar-refractivity contribution >= 4 is 41.7 Å². The lowest BCUT2D eigenvalue weighted by Crippen LogP contribution is -2.41. The molecule has 40 heavy (non-hydrogen) atoms. The predicted octanol–water partition coefficient (Wildman–Crippen LogP) is 6.44. The molecule has 4 rings (SSSR count). The number of benzene rings is 1. The summed E-state index contributed by atoms with van der Waals surface area (Å²) in [5.74, 6) is -1.07. The standard InChI is InChI=1S/C16H16BrFN2O2.C12H24B2O4/c1-16(2,3)22-15(21)11-5-4-9(6-13(11)18)12-7-10(17)8-20-14(12)19;1-9(2)10(3,4)16-13(15-9)14-17-11(5,6)12(7,8)18-14/h4-8H,1-3H3,(H2,19,20);1-8H3. The zero-order valence-electron chi connectivity index (χ0n) is 25.3. The molecule has 0 spiro atoms. The van der Waals surface area contributed by atoms with E-state index in [2.05, 4.69) is 20.9 Å². The number of nitrogens with zero attached hydrogens (tertiary/aromatic N) is 1. The van der Waals surface area contributed by atoms with Crippen molar-refractivity contribution in [3.05, 3.63) is 46.3 Å². The van der Waals surface area contributed by atoms with Gasteiger partial charge in [0.2, 0.25) is 0 Å². The normalized spacial score (nSPS) is 20.6. The molecule has 2 aliphatic rings. The largest absolute Gasteiger partial charge is 0.488 e. The van der Waals surface area contributed by atoms with Crippen LogP contribution in [0.5, 0.6) is 0 Å². The van der Waals surface area contributed by atoms with Gasteiger partial charge in [-0.25, -0.2) is 14.2 Å². The molecule has 218 valence electrons. The van der Waals surface area contributed by atoms with Gasteiger partial charge in [-0.1, -0.05) is 6.07 Å². The highest BCUT2D eigenvalue weighted by Crippen LogP contribution is 2.43. The van der Waals surface area contributed by atoms with Gasteiger partial charge in [0.25, 0.3) is 0 Å². The summed E-state index contributed by atoms with van der Waals surface area (Å²) in [6, 6.07) is 5.99. The van der Waals surface area contributed by atoms with Gasteiger partial charge in [-0.05, 0) is 116 Å². The number of esters is 1. The molecule has 12 heteroatoms. The third-order valence-corrected chi connectivity index (χ3v) is 7.98. The van der Waals surface area contributed by atoms with Crippen LogP contribution in [0.1, 0.15) is 86.5 Å². The van der Waals surface area contributed by atoms with E-state index in [1.807, 2.05) is 55.4 Å². The first kappa shape index (κ1) is 32.5. The molecule has 1 aromatic carbocycles. The molecule has 0 radical (unpaired) electrons. The number of ether oxygens (including phenoxy) is 1. The van der Waals surface area contributed by atoms with E-state index in [4.69, 9.17) is 29.1 Å². The second-order valence-corrected chi connectivity index (χ2v) is 13.9. The molecular weight excluding hydrogens is 581 g/mol. The average Bonchev–Trinajstić information content (AvgIpc) is 3.14. The van der Waals surface area contributed by atoms with E-state index in [1.54, 1.807) is 39.1 Å². The molecule has 0 bridgehead atoms. The van der Waals surface area contributed by atoms with Crippen molar-refractivity contribution in [3.63, 3.8) is 0 Å². The van der Waals surface area contributed by atoms with E-state index in [0.717, 1.165) is 4.47 Å². The smallest absolute Gasteiger partial charge is 0.456 e. The summed E-state index contributed by atoms with van der Waals surface area (Å²) in [6.45, 7) is 21.4. The number of carbonyl (C=O) groups excluding carboxylic acids is 1. The van der Waals surface area contributed by atoms with Gasteiger partial charge in [-0.3, -0.25) is 0 Å². The van der Waals surface area contributed by atoms with Gasteiger partial charge in [-0.15, -0.1) is 0 Å². The molecule has 0 unspecified atom stereocenters. The van der Waals surface area contributed by atoms with Crippen molar-refractivity contribution in [2.75, 3.05) is 5.73 Å². The molecule has 1 aromatic heterocycles. The third kappa shape index (κ3) is 7.07. The summed E-state index contributed by atoms with van der Waals surface area (Å²) < 4.78 is 44.0. The Balaban J connectivity index is 0.000000225. The molecule has 8 nitrogen and oxygen atoms in total. The maximum Gasteiger partial charge on any atom is 0.488 e. The van der Waals surface area contributed by atoms with E-state index in [0.29, 0.717) is 11.1 Å². The summed E-state index contributed by atoms with van der Waals surface area (Å²) in [4.78, 5) is 16.0. The van der Waals surface area contributed by atoms with Gasteiger partial charge < -0.3 is 29.1 Å². The molecule has 0 aliphatic carbocycles. The minimum Gasteiger partial charge on any atom is -0.456 e. The number of hydrogen-bond donors (Lipinski definition) is 1. The lowest BCUT2D eigenvalue weighted by Gasteiger charge is -2.32. The van der Waals surface area contributed by atoms with Crippen LogP contribution in [-0.2, 0) is 23.4 Å². The highest BCUT2D eigenvalue weighted by Gasteiger charge is 2.63. The van der Waals surface area contributed by atoms with Crippen LogP contribution in [0.15, 0.2) is 34.9 Å². The van der Waals surface area contributed by atoms with Gasteiger partial charge >= 0.3 is 20.0 Å². The zero-order chi connectivity index (χ0) is 30.5. The molecule has 2 aromatic rings. The van der Waals surface area contributed by atoms with Gasteiger partial charge in [0, 0.05) is 16.2 Å². The number of nitrogens with two attached hydrogens (primary N) is 1. The van der Waals surface area contributed by atoms with Gasteiger partial charge in [0.05, 0.1) is 28.0 Å². The molecular formula is C28H40B2BrFN2O6. The molecule has 2 N–H and O–H groups in total. The summed E-state index contributed by atoms with van der Waals surface area (Å²) in [7, 11) is -0.952. The molecule has 2 aliphatic heterocycles. The Hall–Kier alpha value is -1.98. The van der Waals surface area contributed by atoms with Gasteiger partial charge in [-0.2, -0.15) is 0 Å². The van der Waals surface area contributed by atoms with E-state index in [1.165, 1.54) is 12.1 Å². The first-order chi connectivity index (χ1) is 18.1. The number of carbonyl (C=O) groups is 1. The number of rotatable bonds is 3. The molecule has 0 atom stereocenters. The van der Waals surface area contributed by atoms with Crippen LogP contribution in [0.4, 0.5) is 10.2 Å². The number of nitrogen functional groups attached to an aromatic ring is 1. The summed E-state index contributed by atoms with van der Waals surface area (Å²) in [5.41, 5.74) is 4.70. The van der Waals surface area contributed by atoms with Crippen LogP contribution in [0.3, 0.4) is 0 Å². The van der Waals surface area contributed by atoms with E-state index in [9.17, 15) is 9.18 Å². The van der Waals surface area contributed by atoms with Crippen molar-refractivity contribution in [3.8, 4) is 11.1 Å². The van der Waals surface area contributed by atoms with E-state index in [-0.39, 0.29) is 33.8 Å². The molecule has 0 saturated carbocycles. The van der Waals surface area contributed by atoms with Crippen LogP contribution in [-0.4, -0.2) is 53.0 Å². The Morgan fingerprint density at radius 3 is 1.75 bits per heavy atom. The SMILES string of the molecule is CC(C)(C)OC(=O)c1ccc(-c2cc(Br)cnc2N)cc1F.CC1(C)OB(B2OC(C)(C)C(C)(C)O2)OC1(C)C. The summed E-state index contributed by atoms with van der Waals surface area (Å²) >= 11 is 3.30. The first-order valence-corrected chi connectivity index (χ1v) is 14.0. The topological polar surface area (TPSA) is 102 Å². The fourth-order valence-corrected chi connectivity index (χ4v) is 4.19. The fourth-order valence-electron chi connectivity index (χ4n) is 3.86. The average molecular weight is 621 g/mol. The molecule has 2 fully saturated rings. The molecule has 0 amide bonds. The Morgan fingerprint density at radius 2 is 1.35 bits per heavy atom. The Kier molecular flexibility index (Phi) is 8.96. The van der Waals surface area contributed by atoms with Crippen LogP contribution < -0.4 is 5.73 Å². The minimum atomic E-state index is -0.697. The molecule has 3 heterocycles. The number of aromatic nitrogens is 1. The van der Waals surface area contributed by atoms with Crippen molar-refractivity contribution < 1.29 is 32.5 Å². The van der Waals surface area contributed by atoms with Crippen LogP contribution in [0.25, 0.3) is 11.1 Å². The van der Waals surface area contributed by atoms with Crippen LogP contribution in [0, 0.1) is 5.82 Å². The van der Waals surface area contributed by atoms with Crippen LogP contribution in [0.2, 0.25) is 0 Å². The lowest BCUT2D eigenvalue weighted by molar-refractivity contribution is 0.00578. The van der Waals surface area contributed by atoms with Crippen molar-refractivity contribution in [2.24, 2.45) is 0 Å². The minimum absolute atomic E-state index is 0.111. The zero-order valence-corrected chi connectivity index (χ0v) is 26.9. The molecule has 2 saturated heterocycles. The van der Waals surface area contributed by atoms with Crippen molar-refractivity contribution in [2.45, 2.75) is 104 Å².